The molecular weight excluding hydrogens is 368 g/mol. The second kappa shape index (κ2) is 8.05. The first kappa shape index (κ1) is 22.6. The van der Waals surface area contributed by atoms with Crippen molar-refractivity contribution in [1.82, 2.24) is 0 Å². The highest BCUT2D eigenvalue weighted by Gasteiger charge is 2.63. The number of aliphatic hydroxyl groups is 1. The molecule has 3 fully saturated rings. The van der Waals surface area contributed by atoms with Gasteiger partial charge in [0, 0.05) is 6.42 Å². The van der Waals surface area contributed by atoms with Crippen molar-refractivity contribution in [2.75, 3.05) is 0 Å². The molecular formula is C28H46O2. The summed E-state index contributed by atoms with van der Waals surface area (Å²) in [7, 11) is 0. The molecule has 2 heteroatoms. The highest BCUT2D eigenvalue weighted by atomic mass is 16.3. The molecule has 0 radical (unpaired) electrons. The van der Waals surface area contributed by atoms with E-state index < -0.39 is 0 Å². The van der Waals surface area contributed by atoms with Crippen LogP contribution < -0.4 is 0 Å². The number of hydrogen-bond acceptors (Lipinski definition) is 2. The zero-order chi connectivity index (χ0) is 21.8. The van der Waals surface area contributed by atoms with Crippen molar-refractivity contribution < 1.29 is 9.90 Å². The lowest BCUT2D eigenvalue weighted by atomic mass is 9.45. The average Bonchev–Trinajstić information content (AvgIpc) is 3.06. The van der Waals surface area contributed by atoms with Crippen LogP contribution in [0, 0.1) is 58.2 Å². The third-order valence-electron chi connectivity index (χ3n) is 11.1. The zero-order valence-electron chi connectivity index (χ0n) is 20.4. The molecule has 1 N–H and O–H groups in total. The number of rotatable bonds is 5. The lowest BCUT2D eigenvalue weighted by Crippen LogP contribution is -2.58. The van der Waals surface area contributed by atoms with Gasteiger partial charge in [-0.25, -0.2) is 0 Å². The number of carbonyl (C=O) groups excluding carboxylic acids is 1. The van der Waals surface area contributed by atoms with E-state index in [-0.39, 0.29) is 16.9 Å². The molecule has 4 aliphatic rings. The summed E-state index contributed by atoms with van der Waals surface area (Å²) in [5.74, 6) is 5.63. The predicted molar refractivity (Wildman–Crippen MR) is 124 cm³/mol. The lowest BCUT2D eigenvalue weighted by molar-refractivity contribution is -0.154. The van der Waals surface area contributed by atoms with Crippen LogP contribution in [0.3, 0.4) is 0 Å². The molecule has 170 valence electrons. The predicted octanol–water partition coefficient (Wildman–Crippen LogP) is 6.67. The third kappa shape index (κ3) is 3.44. The van der Waals surface area contributed by atoms with Crippen LogP contribution in [0.5, 0.6) is 0 Å². The van der Waals surface area contributed by atoms with Gasteiger partial charge in [-0.1, -0.05) is 60.5 Å². The van der Waals surface area contributed by atoms with E-state index in [1.807, 2.05) is 6.08 Å². The van der Waals surface area contributed by atoms with Crippen molar-refractivity contribution in [1.29, 1.82) is 0 Å². The van der Waals surface area contributed by atoms with Crippen LogP contribution in [0.1, 0.15) is 92.9 Å². The molecule has 4 rings (SSSR count). The van der Waals surface area contributed by atoms with E-state index in [4.69, 9.17) is 0 Å². The van der Waals surface area contributed by atoms with E-state index >= 15 is 0 Å². The summed E-state index contributed by atoms with van der Waals surface area (Å²) in [6, 6.07) is 0. The Kier molecular flexibility index (Phi) is 6.06. The largest absolute Gasteiger partial charge is 0.393 e. The smallest absolute Gasteiger partial charge is 0.155 e. The molecule has 10 atom stereocenters. The summed E-state index contributed by atoms with van der Waals surface area (Å²) >= 11 is 0. The van der Waals surface area contributed by atoms with Crippen molar-refractivity contribution in [3.63, 3.8) is 0 Å². The van der Waals surface area contributed by atoms with Gasteiger partial charge in [-0.15, -0.1) is 0 Å². The topological polar surface area (TPSA) is 37.3 Å². The minimum absolute atomic E-state index is 0.0824. The normalized spacial score (nSPS) is 47.5. The van der Waals surface area contributed by atoms with E-state index in [0.717, 1.165) is 30.6 Å². The van der Waals surface area contributed by atoms with Crippen molar-refractivity contribution in [2.45, 2.75) is 99.0 Å². The number of fused-ring (bicyclic) bond motifs is 5. The monoisotopic (exact) mass is 414 g/mol. The van der Waals surface area contributed by atoms with Crippen LogP contribution in [-0.2, 0) is 4.79 Å². The van der Waals surface area contributed by atoms with E-state index in [1.165, 1.54) is 38.5 Å². The summed E-state index contributed by atoms with van der Waals surface area (Å²) in [5, 5.41) is 11.6. The van der Waals surface area contributed by atoms with E-state index in [9.17, 15) is 9.90 Å². The van der Waals surface area contributed by atoms with Crippen LogP contribution in [-0.4, -0.2) is 17.0 Å². The van der Waals surface area contributed by atoms with E-state index in [2.05, 4.69) is 47.6 Å². The van der Waals surface area contributed by atoms with Crippen molar-refractivity contribution in [2.24, 2.45) is 58.2 Å². The van der Waals surface area contributed by atoms with Gasteiger partial charge in [0.05, 0.1) is 6.10 Å². The van der Waals surface area contributed by atoms with Gasteiger partial charge in [-0.05, 0) is 96.4 Å². The van der Waals surface area contributed by atoms with Crippen molar-refractivity contribution in [3.05, 3.63) is 12.2 Å². The Hall–Kier alpha value is -0.630. The van der Waals surface area contributed by atoms with Crippen LogP contribution in [0.4, 0.5) is 0 Å². The Bertz CT molecular complexity index is 680. The molecule has 0 aromatic rings. The maximum absolute atomic E-state index is 12.1. The van der Waals surface area contributed by atoms with Gasteiger partial charge in [0.15, 0.2) is 5.78 Å². The van der Waals surface area contributed by atoms with Gasteiger partial charge in [-0.3, -0.25) is 4.79 Å². The molecule has 3 saturated carbocycles. The molecule has 2 nitrogen and oxygen atoms in total. The highest BCUT2D eigenvalue weighted by molar-refractivity contribution is 5.91. The fraction of sp³-hybridized carbons (Fsp3) is 0.893. The lowest BCUT2D eigenvalue weighted by Gasteiger charge is -2.60. The Balaban J connectivity index is 1.54. The van der Waals surface area contributed by atoms with E-state index in [0.29, 0.717) is 35.4 Å². The molecule has 30 heavy (non-hydrogen) atoms. The van der Waals surface area contributed by atoms with Gasteiger partial charge in [-0.2, -0.15) is 0 Å². The standard InChI is InChI=1S/C28H46O2/c1-17(2)18(3)7-8-19(4)23-11-12-24-22-10-9-20-15-21(29)13-14-27(20,5)25(22)16-26(30)28(23,24)6/h13-14,17-20,22-26,30H,7-12,15-16H2,1-6H3/t18-,19-,20-,22+,23-,24+,25+,26+,27+,28-/m1/s1. The number of allylic oxidation sites excluding steroid dienone is 2. The van der Waals surface area contributed by atoms with E-state index in [1.54, 1.807) is 0 Å². The first-order chi connectivity index (χ1) is 14.1. The molecule has 0 aromatic heterocycles. The maximum Gasteiger partial charge on any atom is 0.155 e. The average molecular weight is 415 g/mol. The highest BCUT2D eigenvalue weighted by Crippen LogP contribution is 2.67. The van der Waals surface area contributed by atoms with Crippen LogP contribution in [0.2, 0.25) is 0 Å². The molecule has 0 saturated heterocycles. The summed E-state index contributed by atoms with van der Waals surface area (Å²) < 4.78 is 0. The van der Waals surface area contributed by atoms with Crippen molar-refractivity contribution in [3.8, 4) is 0 Å². The Morgan fingerprint density at radius 2 is 1.77 bits per heavy atom. The number of aliphatic hydroxyl groups excluding tert-OH is 1. The van der Waals surface area contributed by atoms with Crippen LogP contribution in [0.25, 0.3) is 0 Å². The molecule has 0 unspecified atom stereocenters. The van der Waals surface area contributed by atoms with Gasteiger partial charge < -0.3 is 5.11 Å². The summed E-state index contributed by atoms with van der Waals surface area (Å²) in [4.78, 5) is 12.1. The van der Waals surface area contributed by atoms with Crippen molar-refractivity contribution >= 4 is 5.78 Å². The quantitative estimate of drug-likeness (QED) is 0.545. The molecule has 0 aliphatic heterocycles. The first-order valence-electron chi connectivity index (χ1n) is 13.0. The summed E-state index contributed by atoms with van der Waals surface area (Å²) in [6.07, 6.45) is 13.3. The second-order valence-corrected chi connectivity index (χ2v) is 12.6. The third-order valence-corrected chi connectivity index (χ3v) is 11.1. The van der Waals surface area contributed by atoms with Gasteiger partial charge >= 0.3 is 0 Å². The summed E-state index contributed by atoms with van der Waals surface area (Å²) in [5.41, 5.74) is 0.189. The molecule has 0 bridgehead atoms. The number of ketones is 1. The Morgan fingerprint density at radius 1 is 1.03 bits per heavy atom. The van der Waals surface area contributed by atoms with Crippen LogP contribution in [0.15, 0.2) is 12.2 Å². The van der Waals surface area contributed by atoms with Gasteiger partial charge in [0.25, 0.3) is 0 Å². The minimum Gasteiger partial charge on any atom is -0.393 e. The molecule has 0 aromatic carbocycles. The van der Waals surface area contributed by atoms with Gasteiger partial charge in [0.2, 0.25) is 0 Å². The number of hydrogen-bond donors (Lipinski definition) is 1. The summed E-state index contributed by atoms with van der Waals surface area (Å²) in [6.45, 7) is 14.4. The van der Waals surface area contributed by atoms with Crippen LogP contribution >= 0.6 is 0 Å². The Morgan fingerprint density at radius 3 is 2.47 bits per heavy atom. The fourth-order valence-electron chi connectivity index (χ4n) is 8.62. The molecule has 4 aliphatic carbocycles. The minimum atomic E-state index is -0.192. The number of carbonyl (C=O) groups is 1. The zero-order valence-corrected chi connectivity index (χ0v) is 20.4. The fourth-order valence-corrected chi connectivity index (χ4v) is 8.62. The van der Waals surface area contributed by atoms with Gasteiger partial charge in [0.1, 0.15) is 0 Å². The molecule has 0 spiro atoms. The first-order valence-corrected chi connectivity index (χ1v) is 13.0. The maximum atomic E-state index is 12.1. The molecule has 0 heterocycles. The second-order valence-electron chi connectivity index (χ2n) is 12.6. The molecule has 0 amide bonds. The SMILES string of the molecule is CC(C)[C@H](C)CC[C@@H](C)[C@H]1CC[C@H]2[C@@H]3CC[C@@H]4CC(=O)C=C[C@]4(C)[C@H]3C[C@H](O)[C@]12C. The Labute approximate surface area is 185 Å².